The third-order valence-electron chi connectivity index (χ3n) is 3.24. The minimum Gasteiger partial charge on any atom is -0.312 e. The molecular weight excluding hydrogens is 214 g/mol. The van der Waals surface area contributed by atoms with Crippen LogP contribution in [0.25, 0.3) is 0 Å². The fourth-order valence-corrected chi connectivity index (χ4v) is 2.21. The number of rotatable bonds is 5. The average Bonchev–Trinajstić information content (AvgIpc) is 2.35. The number of nitrogens with one attached hydrogen (secondary N) is 1. The van der Waals surface area contributed by atoms with Gasteiger partial charge in [0.05, 0.1) is 5.69 Å². The van der Waals surface area contributed by atoms with Gasteiger partial charge in [0.2, 0.25) is 0 Å². The quantitative estimate of drug-likeness (QED) is 0.786. The Morgan fingerprint density at radius 2 is 2.29 bits per heavy atom. The minimum atomic E-state index is 0.0453. The van der Waals surface area contributed by atoms with Gasteiger partial charge in [0.15, 0.2) is 0 Å². The number of hydrogen-bond acceptors (Lipinski definition) is 3. The van der Waals surface area contributed by atoms with Crippen LogP contribution in [-0.2, 0) is 19.5 Å². The van der Waals surface area contributed by atoms with Gasteiger partial charge < -0.3 is 5.32 Å². The topological polar surface area (TPSA) is 46.9 Å². The first-order chi connectivity index (χ1) is 8.31. The standard InChI is InChI=1S/C13H21N3O/c1-2-3-4-5-8-16-13(17)9-11-10-14-7-6-12(11)15-16/h9,14H,2-8,10H2,1H3. The Morgan fingerprint density at radius 3 is 3.12 bits per heavy atom. The second-order valence-corrected chi connectivity index (χ2v) is 4.67. The second kappa shape index (κ2) is 5.96. The number of aromatic nitrogens is 2. The Balaban J connectivity index is 2.04. The second-order valence-electron chi connectivity index (χ2n) is 4.67. The molecule has 2 heterocycles. The molecule has 1 aromatic heterocycles. The summed E-state index contributed by atoms with van der Waals surface area (Å²) in [4.78, 5) is 11.8. The summed E-state index contributed by atoms with van der Waals surface area (Å²) >= 11 is 0. The zero-order valence-corrected chi connectivity index (χ0v) is 10.5. The van der Waals surface area contributed by atoms with Gasteiger partial charge in [0.25, 0.3) is 5.56 Å². The van der Waals surface area contributed by atoms with E-state index in [2.05, 4.69) is 17.3 Å². The molecule has 0 aromatic carbocycles. The van der Waals surface area contributed by atoms with E-state index in [1.807, 2.05) is 0 Å². The number of nitrogens with zero attached hydrogens (tertiary/aromatic N) is 2. The molecule has 0 radical (unpaired) electrons. The van der Waals surface area contributed by atoms with Gasteiger partial charge in [0.1, 0.15) is 0 Å². The number of hydrogen-bond donors (Lipinski definition) is 1. The predicted molar refractivity (Wildman–Crippen MR) is 68.0 cm³/mol. The van der Waals surface area contributed by atoms with Gasteiger partial charge in [-0.3, -0.25) is 4.79 Å². The van der Waals surface area contributed by atoms with E-state index < -0.39 is 0 Å². The largest absolute Gasteiger partial charge is 0.312 e. The van der Waals surface area contributed by atoms with Crippen molar-refractivity contribution in [2.45, 2.75) is 52.1 Å². The summed E-state index contributed by atoms with van der Waals surface area (Å²) in [5.41, 5.74) is 2.22. The molecule has 0 unspecified atom stereocenters. The normalized spacial score (nSPS) is 14.6. The van der Waals surface area contributed by atoms with E-state index in [1.165, 1.54) is 19.3 Å². The van der Waals surface area contributed by atoms with Crippen molar-refractivity contribution in [2.24, 2.45) is 0 Å². The van der Waals surface area contributed by atoms with E-state index in [0.717, 1.165) is 43.7 Å². The Morgan fingerprint density at radius 1 is 1.41 bits per heavy atom. The summed E-state index contributed by atoms with van der Waals surface area (Å²) in [5, 5.41) is 7.73. The molecule has 1 aliphatic rings. The lowest BCUT2D eigenvalue weighted by Gasteiger charge is -2.16. The van der Waals surface area contributed by atoms with E-state index in [4.69, 9.17) is 0 Å². The summed E-state index contributed by atoms with van der Waals surface area (Å²) in [5.74, 6) is 0. The van der Waals surface area contributed by atoms with Crippen LogP contribution in [0.5, 0.6) is 0 Å². The van der Waals surface area contributed by atoms with Gasteiger partial charge >= 0.3 is 0 Å². The smallest absolute Gasteiger partial charge is 0.267 e. The molecular formula is C13H21N3O. The fourth-order valence-electron chi connectivity index (χ4n) is 2.21. The molecule has 4 nitrogen and oxygen atoms in total. The van der Waals surface area contributed by atoms with Crippen LogP contribution in [0.1, 0.15) is 43.9 Å². The Bertz CT molecular complexity index is 425. The summed E-state index contributed by atoms with van der Waals surface area (Å²) in [7, 11) is 0. The highest BCUT2D eigenvalue weighted by Gasteiger charge is 2.12. The van der Waals surface area contributed by atoms with Crippen molar-refractivity contribution < 1.29 is 0 Å². The number of aryl methyl sites for hydroxylation is 1. The maximum atomic E-state index is 11.8. The monoisotopic (exact) mass is 235 g/mol. The lowest BCUT2D eigenvalue weighted by molar-refractivity contribution is 0.497. The van der Waals surface area contributed by atoms with Crippen molar-refractivity contribution in [3.63, 3.8) is 0 Å². The molecule has 1 aromatic rings. The molecule has 1 aliphatic heterocycles. The maximum Gasteiger partial charge on any atom is 0.267 e. The molecule has 0 aliphatic carbocycles. The summed E-state index contributed by atoms with van der Waals surface area (Å²) < 4.78 is 1.64. The van der Waals surface area contributed by atoms with Gasteiger partial charge in [-0.25, -0.2) is 4.68 Å². The van der Waals surface area contributed by atoms with E-state index in [1.54, 1.807) is 10.7 Å². The van der Waals surface area contributed by atoms with E-state index in [0.29, 0.717) is 0 Å². The van der Waals surface area contributed by atoms with Crippen molar-refractivity contribution in [1.29, 1.82) is 0 Å². The number of fused-ring (bicyclic) bond motifs is 1. The van der Waals surface area contributed by atoms with Crippen LogP contribution in [0.2, 0.25) is 0 Å². The molecule has 0 saturated carbocycles. The molecule has 2 rings (SSSR count). The molecule has 0 amide bonds. The summed E-state index contributed by atoms with van der Waals surface area (Å²) in [6, 6.07) is 1.74. The summed E-state index contributed by atoms with van der Waals surface area (Å²) in [6.07, 6.45) is 5.63. The molecule has 0 atom stereocenters. The molecule has 17 heavy (non-hydrogen) atoms. The van der Waals surface area contributed by atoms with Gasteiger partial charge in [-0.2, -0.15) is 5.10 Å². The molecule has 0 bridgehead atoms. The van der Waals surface area contributed by atoms with Crippen LogP contribution in [-0.4, -0.2) is 16.3 Å². The first kappa shape index (κ1) is 12.3. The number of unbranched alkanes of at least 4 members (excludes halogenated alkanes) is 3. The molecule has 0 saturated heterocycles. The highest BCUT2D eigenvalue weighted by Crippen LogP contribution is 2.08. The molecule has 0 fully saturated rings. The highest BCUT2D eigenvalue weighted by atomic mass is 16.1. The van der Waals surface area contributed by atoms with E-state index in [-0.39, 0.29) is 5.56 Å². The molecule has 94 valence electrons. The van der Waals surface area contributed by atoms with Crippen molar-refractivity contribution in [3.05, 3.63) is 27.7 Å². The van der Waals surface area contributed by atoms with Crippen LogP contribution in [0, 0.1) is 0 Å². The van der Waals surface area contributed by atoms with Crippen LogP contribution in [0.4, 0.5) is 0 Å². The summed E-state index contributed by atoms with van der Waals surface area (Å²) in [6.45, 7) is 4.71. The lowest BCUT2D eigenvalue weighted by Crippen LogP contribution is -2.31. The van der Waals surface area contributed by atoms with Crippen molar-refractivity contribution in [3.8, 4) is 0 Å². The van der Waals surface area contributed by atoms with Crippen LogP contribution in [0.15, 0.2) is 10.9 Å². The lowest BCUT2D eigenvalue weighted by atomic mass is 10.1. The van der Waals surface area contributed by atoms with Crippen LogP contribution in [0.3, 0.4) is 0 Å². The van der Waals surface area contributed by atoms with Crippen LogP contribution < -0.4 is 10.9 Å². The van der Waals surface area contributed by atoms with Crippen molar-refractivity contribution >= 4 is 0 Å². The maximum absolute atomic E-state index is 11.8. The third kappa shape index (κ3) is 3.16. The Hall–Kier alpha value is -1.16. The molecule has 1 N–H and O–H groups in total. The predicted octanol–water partition coefficient (Wildman–Crippen LogP) is 1.47. The van der Waals surface area contributed by atoms with E-state index in [9.17, 15) is 4.79 Å². The van der Waals surface area contributed by atoms with Crippen molar-refractivity contribution in [1.82, 2.24) is 15.1 Å². The van der Waals surface area contributed by atoms with Gasteiger partial charge in [0, 0.05) is 32.1 Å². The molecule has 0 spiro atoms. The van der Waals surface area contributed by atoms with Crippen molar-refractivity contribution in [2.75, 3.05) is 6.54 Å². The Labute approximate surface area is 102 Å². The third-order valence-corrected chi connectivity index (χ3v) is 3.24. The van der Waals surface area contributed by atoms with Crippen LogP contribution >= 0.6 is 0 Å². The zero-order valence-electron chi connectivity index (χ0n) is 10.5. The zero-order chi connectivity index (χ0) is 12.1. The first-order valence-corrected chi connectivity index (χ1v) is 6.62. The fraction of sp³-hybridized carbons (Fsp3) is 0.692. The SMILES string of the molecule is CCCCCCn1nc2c(cc1=O)CNCC2. The van der Waals surface area contributed by atoms with Gasteiger partial charge in [-0.1, -0.05) is 26.2 Å². The van der Waals surface area contributed by atoms with Gasteiger partial charge in [-0.15, -0.1) is 0 Å². The Kier molecular flexibility index (Phi) is 4.31. The minimum absolute atomic E-state index is 0.0453. The van der Waals surface area contributed by atoms with Gasteiger partial charge in [-0.05, 0) is 12.0 Å². The van der Waals surface area contributed by atoms with E-state index >= 15 is 0 Å². The first-order valence-electron chi connectivity index (χ1n) is 6.62. The molecule has 4 heteroatoms. The average molecular weight is 235 g/mol. The highest BCUT2D eigenvalue weighted by molar-refractivity contribution is 5.20.